The first-order valence-electron chi connectivity index (χ1n) is 7.41. The molecule has 1 fully saturated rings. The van der Waals surface area contributed by atoms with Crippen LogP contribution in [0.25, 0.3) is 0 Å². The van der Waals surface area contributed by atoms with Gasteiger partial charge in [-0.1, -0.05) is 28.1 Å². The van der Waals surface area contributed by atoms with E-state index in [-0.39, 0.29) is 13.1 Å². The highest BCUT2D eigenvalue weighted by molar-refractivity contribution is 9.10. The summed E-state index contributed by atoms with van der Waals surface area (Å²) < 4.78 is 46.3. The summed E-state index contributed by atoms with van der Waals surface area (Å²) in [7, 11) is 0. The van der Waals surface area contributed by atoms with Crippen LogP contribution in [0.15, 0.2) is 28.7 Å². The number of nitrogens with zero attached hydrogens (tertiary/aromatic N) is 1. The minimum absolute atomic E-state index is 0.0163. The lowest BCUT2D eigenvalue weighted by Gasteiger charge is -2.27. The van der Waals surface area contributed by atoms with Crippen molar-refractivity contribution < 1.29 is 22.5 Å². The Balaban J connectivity index is 2.23. The molecule has 2 rings (SSSR count). The SMILES string of the molecule is CC(C)(C)OC(=O)N1CC(c2ccc(Br)cc2)C([B-](F)(F)F)C1. The van der Waals surface area contributed by atoms with Gasteiger partial charge >= 0.3 is 13.1 Å². The number of amides is 1. The van der Waals surface area contributed by atoms with Crippen LogP contribution in [-0.2, 0) is 4.74 Å². The van der Waals surface area contributed by atoms with Gasteiger partial charge in [0, 0.05) is 17.6 Å². The number of benzene rings is 1. The number of halogens is 4. The summed E-state index contributed by atoms with van der Waals surface area (Å²) in [6.07, 6.45) is -0.692. The quantitative estimate of drug-likeness (QED) is 0.662. The van der Waals surface area contributed by atoms with Crippen LogP contribution in [0.3, 0.4) is 0 Å². The molecule has 0 N–H and O–H groups in total. The third-order valence-corrected chi connectivity index (χ3v) is 4.33. The summed E-state index contributed by atoms with van der Waals surface area (Å²) >= 11 is 3.27. The molecule has 0 bridgehead atoms. The highest BCUT2D eigenvalue weighted by Gasteiger charge is 2.47. The average Bonchev–Trinajstić information content (AvgIpc) is 2.82. The van der Waals surface area contributed by atoms with Crippen molar-refractivity contribution in [2.75, 3.05) is 13.1 Å². The smallest absolute Gasteiger partial charge is 0.449 e. The maximum atomic E-state index is 13.4. The Morgan fingerprint density at radius 1 is 1.22 bits per heavy atom. The minimum atomic E-state index is -5.05. The fourth-order valence-electron chi connectivity index (χ4n) is 2.75. The fraction of sp³-hybridized carbons (Fsp3) is 0.533. The number of rotatable bonds is 2. The summed E-state index contributed by atoms with van der Waals surface area (Å²) in [6, 6.07) is 6.77. The van der Waals surface area contributed by atoms with Crippen LogP contribution in [0.5, 0.6) is 0 Å². The molecule has 8 heteroatoms. The fourth-order valence-corrected chi connectivity index (χ4v) is 3.01. The van der Waals surface area contributed by atoms with Crippen LogP contribution < -0.4 is 0 Å². The summed E-state index contributed by atoms with van der Waals surface area (Å²) in [5.41, 5.74) is -0.144. The maximum Gasteiger partial charge on any atom is 0.483 e. The Morgan fingerprint density at radius 3 is 2.26 bits per heavy atom. The lowest BCUT2D eigenvalue weighted by molar-refractivity contribution is 0.0292. The van der Waals surface area contributed by atoms with Gasteiger partial charge in [-0.05, 0) is 50.2 Å². The molecule has 3 nitrogen and oxygen atoms in total. The molecule has 23 heavy (non-hydrogen) atoms. The van der Waals surface area contributed by atoms with Gasteiger partial charge in [-0.3, -0.25) is 0 Å². The Labute approximate surface area is 142 Å². The van der Waals surface area contributed by atoms with Crippen molar-refractivity contribution in [3.63, 3.8) is 0 Å². The molecule has 1 heterocycles. The van der Waals surface area contributed by atoms with Gasteiger partial charge in [-0.2, -0.15) is 0 Å². The van der Waals surface area contributed by atoms with Crippen LogP contribution in [0.2, 0.25) is 5.82 Å². The number of hydrogen-bond acceptors (Lipinski definition) is 2. The Bertz CT molecular complexity index is 572. The van der Waals surface area contributed by atoms with E-state index in [9.17, 15) is 17.7 Å². The van der Waals surface area contributed by atoms with Gasteiger partial charge in [0.2, 0.25) is 0 Å². The number of carbonyl (C=O) groups excluding carboxylic acids is 1. The zero-order valence-electron chi connectivity index (χ0n) is 13.2. The zero-order valence-corrected chi connectivity index (χ0v) is 14.8. The Kier molecular flexibility index (Phi) is 5.04. The first-order chi connectivity index (χ1) is 10.5. The number of ether oxygens (including phenoxy) is 1. The molecular weight excluding hydrogens is 374 g/mol. The molecule has 0 aliphatic carbocycles. The highest BCUT2D eigenvalue weighted by atomic mass is 79.9. The van der Waals surface area contributed by atoms with Crippen molar-refractivity contribution in [3.8, 4) is 0 Å². The standard InChI is InChI=1S/C15H19BBrF3NO2/c1-15(2,3)23-14(22)21-8-12(13(9-21)16(18,19)20)10-4-6-11(17)7-5-10/h4-7,12-13H,8-9H2,1-3H3/q-1. The van der Waals surface area contributed by atoms with E-state index in [0.29, 0.717) is 5.56 Å². The summed E-state index contributed by atoms with van der Waals surface area (Å²) in [5, 5.41) is 0. The molecule has 0 spiro atoms. The van der Waals surface area contributed by atoms with Crippen LogP contribution in [0.1, 0.15) is 32.3 Å². The van der Waals surface area contributed by atoms with E-state index < -0.39 is 30.4 Å². The molecule has 2 unspecified atom stereocenters. The van der Waals surface area contributed by atoms with E-state index in [1.54, 1.807) is 45.0 Å². The largest absolute Gasteiger partial charge is 0.483 e. The molecule has 0 radical (unpaired) electrons. The second-order valence-electron chi connectivity index (χ2n) is 6.83. The average molecular weight is 393 g/mol. The van der Waals surface area contributed by atoms with Crippen LogP contribution >= 0.6 is 15.9 Å². The van der Waals surface area contributed by atoms with Gasteiger partial charge in [0.25, 0.3) is 0 Å². The second-order valence-corrected chi connectivity index (χ2v) is 7.75. The van der Waals surface area contributed by atoms with E-state index in [1.807, 2.05) is 0 Å². The number of hydrogen-bond donors (Lipinski definition) is 0. The normalized spacial score (nSPS) is 22.3. The molecule has 1 saturated heterocycles. The molecule has 1 aliphatic heterocycles. The monoisotopic (exact) mass is 392 g/mol. The van der Waals surface area contributed by atoms with Gasteiger partial charge in [0.1, 0.15) is 5.60 Å². The molecule has 0 aromatic heterocycles. The first kappa shape index (κ1) is 18.2. The van der Waals surface area contributed by atoms with Gasteiger partial charge in [-0.15, -0.1) is 0 Å². The van der Waals surface area contributed by atoms with E-state index >= 15 is 0 Å². The maximum absolute atomic E-state index is 13.4. The van der Waals surface area contributed by atoms with Gasteiger partial charge < -0.3 is 22.6 Å². The number of carbonyl (C=O) groups is 1. The van der Waals surface area contributed by atoms with E-state index in [0.717, 1.165) is 9.37 Å². The van der Waals surface area contributed by atoms with Gasteiger partial charge in [0.05, 0.1) is 0 Å². The molecular formula is C15H19BBrF3NO2-. The van der Waals surface area contributed by atoms with E-state index in [4.69, 9.17) is 4.74 Å². The third-order valence-electron chi connectivity index (χ3n) is 3.80. The van der Waals surface area contributed by atoms with E-state index in [1.165, 1.54) is 0 Å². The highest BCUT2D eigenvalue weighted by Crippen LogP contribution is 2.45. The Hall–Kier alpha value is -1.18. The van der Waals surface area contributed by atoms with Crippen LogP contribution in [-0.4, -0.2) is 36.7 Å². The molecule has 1 aromatic carbocycles. The molecule has 1 aromatic rings. The van der Waals surface area contributed by atoms with Crippen molar-refractivity contribution in [2.24, 2.45) is 0 Å². The predicted octanol–water partition coefficient (Wildman–Crippen LogP) is 5.00. The Morgan fingerprint density at radius 2 is 1.78 bits per heavy atom. The molecule has 0 saturated carbocycles. The topological polar surface area (TPSA) is 29.5 Å². The van der Waals surface area contributed by atoms with Crippen molar-refractivity contribution in [1.82, 2.24) is 4.90 Å². The molecule has 128 valence electrons. The molecule has 2 atom stereocenters. The zero-order chi connectivity index (χ0) is 17.4. The lowest BCUT2D eigenvalue weighted by Crippen LogP contribution is -2.36. The second kappa shape index (κ2) is 6.38. The van der Waals surface area contributed by atoms with Crippen LogP contribution in [0, 0.1) is 0 Å². The van der Waals surface area contributed by atoms with Gasteiger partial charge in [-0.25, -0.2) is 4.79 Å². The van der Waals surface area contributed by atoms with Gasteiger partial charge in [0.15, 0.2) is 0 Å². The van der Waals surface area contributed by atoms with Crippen molar-refractivity contribution in [2.45, 2.75) is 38.1 Å². The van der Waals surface area contributed by atoms with Crippen molar-refractivity contribution in [1.29, 1.82) is 0 Å². The van der Waals surface area contributed by atoms with Crippen LogP contribution in [0.4, 0.5) is 17.7 Å². The van der Waals surface area contributed by atoms with Crippen molar-refractivity contribution >= 4 is 29.0 Å². The lowest BCUT2D eigenvalue weighted by atomic mass is 9.65. The summed E-state index contributed by atoms with van der Waals surface area (Å²) in [5.74, 6) is -2.28. The minimum Gasteiger partial charge on any atom is -0.449 e. The van der Waals surface area contributed by atoms with E-state index in [2.05, 4.69) is 15.9 Å². The number of likely N-dealkylation sites (tertiary alicyclic amines) is 1. The third kappa shape index (κ3) is 4.65. The molecule has 1 amide bonds. The predicted molar refractivity (Wildman–Crippen MR) is 87.5 cm³/mol. The van der Waals surface area contributed by atoms with Crippen molar-refractivity contribution in [3.05, 3.63) is 34.3 Å². The summed E-state index contributed by atoms with van der Waals surface area (Å²) in [6.45, 7) is -0.306. The molecule has 1 aliphatic rings. The summed E-state index contributed by atoms with van der Waals surface area (Å²) in [4.78, 5) is 13.3. The first-order valence-corrected chi connectivity index (χ1v) is 8.20.